The van der Waals surface area contributed by atoms with E-state index in [1.54, 1.807) is 0 Å². The normalized spacial score (nSPS) is 11.1. The van der Waals surface area contributed by atoms with Gasteiger partial charge in [-0.15, -0.1) is 0 Å². The van der Waals surface area contributed by atoms with E-state index in [-0.39, 0.29) is 0 Å². The summed E-state index contributed by atoms with van der Waals surface area (Å²) in [7, 11) is 0. The van der Waals surface area contributed by atoms with Crippen LogP contribution in [0.1, 0.15) is 22.3 Å². The van der Waals surface area contributed by atoms with Crippen LogP contribution in [0.15, 0.2) is 97.1 Å². The lowest BCUT2D eigenvalue weighted by molar-refractivity contribution is 1.50. The van der Waals surface area contributed by atoms with Gasteiger partial charge in [0.1, 0.15) is 0 Å². The molecule has 0 atom stereocenters. The zero-order valence-electron chi connectivity index (χ0n) is 19.2. The third-order valence-corrected chi connectivity index (χ3v) is 6.25. The van der Waals surface area contributed by atoms with Gasteiger partial charge in [-0.2, -0.15) is 0 Å². The van der Waals surface area contributed by atoms with Gasteiger partial charge in [0.15, 0.2) is 0 Å². The number of aryl methyl sites for hydroxylation is 4. The van der Waals surface area contributed by atoms with Crippen molar-refractivity contribution in [2.75, 3.05) is 0 Å². The van der Waals surface area contributed by atoms with Gasteiger partial charge < -0.3 is 0 Å². The van der Waals surface area contributed by atoms with Crippen molar-refractivity contribution in [3.63, 3.8) is 0 Å². The molecule has 6 aromatic carbocycles. The van der Waals surface area contributed by atoms with E-state index in [9.17, 15) is 0 Å². The second kappa shape index (κ2) is 8.13. The SMILES string of the molecule is Cc1ccc2c(ccc3cc(C)ccc32)c1.Cc1ccc2cc3cc(C)ccc3cc2c1. The van der Waals surface area contributed by atoms with Gasteiger partial charge in [0.05, 0.1) is 0 Å². The topological polar surface area (TPSA) is 0 Å². The summed E-state index contributed by atoms with van der Waals surface area (Å²) in [5, 5.41) is 10.7. The highest BCUT2D eigenvalue weighted by Gasteiger charge is 2.01. The fraction of sp³-hybridized carbons (Fsp3) is 0.125. The number of rotatable bonds is 0. The molecule has 0 bridgehead atoms. The summed E-state index contributed by atoms with van der Waals surface area (Å²) in [5.74, 6) is 0. The molecule has 0 N–H and O–H groups in total. The van der Waals surface area contributed by atoms with Gasteiger partial charge in [0.2, 0.25) is 0 Å². The van der Waals surface area contributed by atoms with Crippen LogP contribution < -0.4 is 0 Å². The maximum Gasteiger partial charge on any atom is -0.0105 e. The first-order valence-electron chi connectivity index (χ1n) is 11.3. The Balaban J connectivity index is 0.000000135. The predicted octanol–water partition coefficient (Wildman–Crippen LogP) is 9.22. The highest BCUT2D eigenvalue weighted by Crippen LogP contribution is 2.27. The Bertz CT molecular complexity index is 1460. The first-order valence-corrected chi connectivity index (χ1v) is 11.3. The van der Waals surface area contributed by atoms with Crippen molar-refractivity contribution in [1.29, 1.82) is 0 Å². The summed E-state index contributed by atoms with van der Waals surface area (Å²) < 4.78 is 0. The minimum absolute atomic E-state index is 1.32. The Kier molecular flexibility index (Phi) is 5.15. The minimum Gasteiger partial charge on any atom is -0.0587 e. The van der Waals surface area contributed by atoms with E-state index in [4.69, 9.17) is 0 Å². The molecule has 0 aliphatic carbocycles. The van der Waals surface area contributed by atoms with Crippen LogP contribution in [0.4, 0.5) is 0 Å². The third kappa shape index (κ3) is 3.97. The van der Waals surface area contributed by atoms with Crippen molar-refractivity contribution in [2.24, 2.45) is 0 Å². The largest absolute Gasteiger partial charge is 0.0587 e. The predicted molar refractivity (Wildman–Crippen MR) is 142 cm³/mol. The molecular formula is C32H28. The lowest BCUT2D eigenvalue weighted by atomic mass is 9.99. The molecule has 0 amide bonds. The number of fused-ring (bicyclic) bond motifs is 5. The molecule has 0 aliphatic heterocycles. The molecule has 0 aliphatic rings. The molecule has 0 nitrogen and oxygen atoms in total. The Morgan fingerprint density at radius 3 is 1.00 bits per heavy atom. The lowest BCUT2D eigenvalue weighted by Gasteiger charge is -2.05. The fourth-order valence-electron chi connectivity index (χ4n) is 4.55. The Morgan fingerprint density at radius 2 is 0.594 bits per heavy atom. The first-order chi connectivity index (χ1) is 15.5. The van der Waals surface area contributed by atoms with Crippen molar-refractivity contribution in [3.8, 4) is 0 Å². The quantitative estimate of drug-likeness (QED) is 0.172. The molecule has 0 fully saturated rings. The molecule has 0 radical (unpaired) electrons. The maximum absolute atomic E-state index is 2.27. The van der Waals surface area contributed by atoms with Gasteiger partial charge in [-0.25, -0.2) is 0 Å². The van der Waals surface area contributed by atoms with Crippen LogP contribution in [0.5, 0.6) is 0 Å². The summed E-state index contributed by atoms with van der Waals surface area (Å²) in [6, 6.07) is 35.5. The van der Waals surface area contributed by atoms with Crippen LogP contribution in [0.2, 0.25) is 0 Å². The second-order valence-corrected chi connectivity index (χ2v) is 9.07. The van der Waals surface area contributed by atoms with E-state index in [0.29, 0.717) is 0 Å². The lowest BCUT2D eigenvalue weighted by Crippen LogP contribution is -1.80. The minimum atomic E-state index is 1.32. The maximum atomic E-state index is 2.27. The highest BCUT2D eigenvalue weighted by molar-refractivity contribution is 6.07. The number of hydrogen-bond acceptors (Lipinski definition) is 0. The molecule has 0 saturated carbocycles. The zero-order valence-corrected chi connectivity index (χ0v) is 19.2. The van der Waals surface area contributed by atoms with Crippen molar-refractivity contribution in [2.45, 2.75) is 27.7 Å². The molecule has 0 heteroatoms. The van der Waals surface area contributed by atoms with Crippen LogP contribution in [0.3, 0.4) is 0 Å². The Labute approximate surface area is 190 Å². The van der Waals surface area contributed by atoms with Crippen LogP contribution in [-0.2, 0) is 0 Å². The van der Waals surface area contributed by atoms with E-state index in [0.717, 1.165) is 0 Å². The van der Waals surface area contributed by atoms with Gasteiger partial charge in [-0.1, -0.05) is 107 Å². The Hall–Kier alpha value is -3.64. The van der Waals surface area contributed by atoms with Crippen LogP contribution in [0.25, 0.3) is 43.1 Å². The summed E-state index contributed by atoms with van der Waals surface area (Å²) >= 11 is 0. The smallest absolute Gasteiger partial charge is 0.0105 e. The molecule has 32 heavy (non-hydrogen) atoms. The van der Waals surface area contributed by atoms with Gasteiger partial charge in [-0.05, 0) is 82.9 Å². The average Bonchev–Trinajstić information content (AvgIpc) is 2.78. The monoisotopic (exact) mass is 412 g/mol. The molecular weight excluding hydrogens is 384 g/mol. The fourth-order valence-corrected chi connectivity index (χ4v) is 4.55. The Morgan fingerprint density at radius 1 is 0.281 bits per heavy atom. The molecule has 6 aromatic rings. The van der Waals surface area contributed by atoms with Gasteiger partial charge >= 0.3 is 0 Å². The van der Waals surface area contributed by atoms with Crippen LogP contribution in [-0.4, -0.2) is 0 Å². The molecule has 6 rings (SSSR count). The molecule has 0 spiro atoms. The van der Waals surface area contributed by atoms with Gasteiger partial charge in [0.25, 0.3) is 0 Å². The van der Waals surface area contributed by atoms with Crippen molar-refractivity contribution in [1.82, 2.24) is 0 Å². The van der Waals surface area contributed by atoms with Crippen molar-refractivity contribution in [3.05, 3.63) is 119 Å². The zero-order chi connectivity index (χ0) is 22.2. The van der Waals surface area contributed by atoms with Gasteiger partial charge in [-0.3, -0.25) is 0 Å². The molecule has 0 heterocycles. The van der Waals surface area contributed by atoms with E-state index in [1.807, 2.05) is 0 Å². The number of benzene rings is 6. The van der Waals surface area contributed by atoms with Crippen LogP contribution in [0, 0.1) is 27.7 Å². The van der Waals surface area contributed by atoms with Crippen LogP contribution >= 0.6 is 0 Å². The van der Waals surface area contributed by atoms with Crippen molar-refractivity contribution >= 4 is 43.1 Å². The summed E-state index contributed by atoms with van der Waals surface area (Å²) in [6.07, 6.45) is 0. The first kappa shape index (κ1) is 20.3. The second-order valence-electron chi connectivity index (χ2n) is 9.07. The van der Waals surface area contributed by atoms with E-state index in [2.05, 4.69) is 125 Å². The van der Waals surface area contributed by atoms with Gasteiger partial charge in [0, 0.05) is 0 Å². The third-order valence-electron chi connectivity index (χ3n) is 6.25. The van der Waals surface area contributed by atoms with Crippen molar-refractivity contribution < 1.29 is 0 Å². The van der Waals surface area contributed by atoms with E-state index >= 15 is 0 Å². The molecule has 0 unspecified atom stereocenters. The summed E-state index contributed by atoms with van der Waals surface area (Å²) in [5.41, 5.74) is 5.27. The molecule has 0 aromatic heterocycles. The molecule has 156 valence electrons. The van der Waals surface area contributed by atoms with E-state index < -0.39 is 0 Å². The highest BCUT2D eigenvalue weighted by atomic mass is 14.1. The summed E-state index contributed by atoms with van der Waals surface area (Å²) in [4.78, 5) is 0. The average molecular weight is 413 g/mol. The molecule has 0 saturated heterocycles. The standard InChI is InChI=1S/2C16H14/c1-11-3-7-15-13(9-11)5-6-14-10-12(2)4-8-16(14)15;1-11-3-5-13-10-16-8-12(2)4-6-14(16)9-15(13)7-11/h2*3-10H,1-2H3. The van der Waals surface area contributed by atoms with E-state index in [1.165, 1.54) is 65.3 Å². The number of hydrogen-bond donors (Lipinski definition) is 0. The summed E-state index contributed by atoms with van der Waals surface area (Å²) in [6.45, 7) is 8.55.